The number of amides is 1. The number of nitrogens with one attached hydrogen (secondary N) is 2. The average molecular weight is 572 g/mol. The van der Waals surface area contributed by atoms with Crippen molar-refractivity contribution < 1.29 is 19.1 Å². The molecule has 41 heavy (non-hydrogen) atoms. The molecule has 1 aliphatic rings. The Bertz CT molecular complexity index is 1620. The summed E-state index contributed by atoms with van der Waals surface area (Å²) in [5.74, 6) is -1.58. The molecule has 0 spiro atoms. The summed E-state index contributed by atoms with van der Waals surface area (Å²) in [7, 11) is 0. The van der Waals surface area contributed by atoms with Gasteiger partial charge in [-0.1, -0.05) is 12.1 Å². The number of benzene rings is 2. The lowest BCUT2D eigenvalue weighted by atomic mass is 9.96. The number of hydrogen-bond donors (Lipinski definition) is 3. The Hall–Kier alpha value is -4.57. The first-order valence-electron chi connectivity index (χ1n) is 13.2. The van der Waals surface area contributed by atoms with Crippen molar-refractivity contribution in [2.24, 2.45) is 0 Å². The molecule has 5 rings (SSSR count). The van der Waals surface area contributed by atoms with Crippen molar-refractivity contribution >= 4 is 34.9 Å². The summed E-state index contributed by atoms with van der Waals surface area (Å²) in [6.07, 6.45) is 1.89. The van der Waals surface area contributed by atoms with Gasteiger partial charge in [0.15, 0.2) is 5.11 Å². The topological polar surface area (TPSA) is 99.5 Å². The maximum Gasteiger partial charge on any atom is 0.335 e. The Balaban J connectivity index is 1.50. The summed E-state index contributed by atoms with van der Waals surface area (Å²) >= 11 is 5.78. The number of carbonyl (C=O) groups excluding carboxylic acids is 1. The van der Waals surface area contributed by atoms with E-state index in [2.05, 4.69) is 26.3 Å². The van der Waals surface area contributed by atoms with Gasteiger partial charge in [0.2, 0.25) is 5.91 Å². The van der Waals surface area contributed by atoms with E-state index in [9.17, 15) is 19.1 Å². The fraction of sp³-hybridized carbons (Fsp3) is 0.226. The molecule has 2 unspecified atom stereocenters. The van der Waals surface area contributed by atoms with E-state index in [1.54, 1.807) is 18.3 Å². The number of aromatic carboxylic acids is 1. The third-order valence-corrected chi connectivity index (χ3v) is 7.74. The molecule has 0 bridgehead atoms. The number of hydrogen-bond acceptors (Lipinski definition) is 4. The molecule has 8 nitrogen and oxygen atoms in total. The van der Waals surface area contributed by atoms with E-state index in [-0.39, 0.29) is 35.8 Å². The number of rotatable bonds is 8. The van der Waals surface area contributed by atoms with Gasteiger partial charge in [0.25, 0.3) is 0 Å². The van der Waals surface area contributed by atoms with Crippen LogP contribution in [-0.2, 0) is 4.79 Å². The monoisotopic (exact) mass is 571 g/mol. The fourth-order valence-electron chi connectivity index (χ4n) is 5.40. The molecule has 210 valence electrons. The van der Waals surface area contributed by atoms with Crippen LogP contribution >= 0.6 is 12.2 Å². The molecule has 3 N–H and O–H groups in total. The van der Waals surface area contributed by atoms with Crippen LogP contribution in [0.15, 0.2) is 72.9 Å². The lowest BCUT2D eigenvalue weighted by Crippen LogP contribution is -2.32. The smallest absolute Gasteiger partial charge is 0.335 e. The summed E-state index contributed by atoms with van der Waals surface area (Å²) in [4.78, 5) is 31.2. The Morgan fingerprint density at radius 2 is 1.83 bits per heavy atom. The molecule has 2 atom stereocenters. The minimum Gasteiger partial charge on any atom is -0.478 e. The zero-order chi connectivity index (χ0) is 29.3. The standard InChI is InChI=1S/C31H30FN5O3S/c1-18-7-8-21(30(39)40)17-26(18)37-19(2)16-24(20(37)3)29-28(25-6-4-5-14-33-25)35-31(41)36(29)15-13-27(38)34-23-11-9-22(32)10-12-23/h4-12,14,16-17,28-29H,13,15H2,1-3H3,(H,34,38)(H,35,41)(H,39,40). The first kappa shape index (κ1) is 28.0. The van der Waals surface area contributed by atoms with E-state index >= 15 is 0 Å². The van der Waals surface area contributed by atoms with Gasteiger partial charge >= 0.3 is 5.97 Å². The minimum atomic E-state index is -0.986. The highest BCUT2D eigenvalue weighted by molar-refractivity contribution is 7.80. The van der Waals surface area contributed by atoms with Crippen molar-refractivity contribution in [3.63, 3.8) is 0 Å². The van der Waals surface area contributed by atoms with Gasteiger partial charge in [0, 0.05) is 41.9 Å². The summed E-state index contributed by atoms with van der Waals surface area (Å²) in [5, 5.41) is 16.3. The zero-order valence-corrected chi connectivity index (χ0v) is 23.7. The van der Waals surface area contributed by atoms with Crippen LogP contribution in [0.2, 0.25) is 0 Å². The molecule has 0 saturated carbocycles. The highest BCUT2D eigenvalue weighted by atomic mass is 32.1. The van der Waals surface area contributed by atoms with E-state index in [0.29, 0.717) is 17.3 Å². The van der Waals surface area contributed by atoms with E-state index in [0.717, 1.165) is 33.9 Å². The number of aromatic nitrogens is 2. The van der Waals surface area contributed by atoms with Gasteiger partial charge in [-0.05, 0) is 98.7 Å². The summed E-state index contributed by atoms with van der Waals surface area (Å²) in [6, 6.07) is 18.0. The Morgan fingerprint density at radius 1 is 1.07 bits per heavy atom. The molecule has 1 aliphatic heterocycles. The molecule has 2 aromatic carbocycles. The first-order valence-corrected chi connectivity index (χ1v) is 13.6. The molecule has 1 amide bonds. The van der Waals surface area contributed by atoms with Crippen LogP contribution in [0, 0.1) is 26.6 Å². The van der Waals surface area contributed by atoms with Crippen LogP contribution in [0.1, 0.15) is 57.1 Å². The summed E-state index contributed by atoms with van der Waals surface area (Å²) < 4.78 is 15.3. The quantitative estimate of drug-likeness (QED) is 0.236. The van der Waals surface area contributed by atoms with Crippen molar-refractivity contribution in [3.05, 3.63) is 113 Å². The Morgan fingerprint density at radius 3 is 2.51 bits per heavy atom. The Kier molecular flexibility index (Phi) is 7.85. The number of carbonyl (C=O) groups is 2. The lowest BCUT2D eigenvalue weighted by molar-refractivity contribution is -0.116. The summed E-state index contributed by atoms with van der Waals surface area (Å²) in [6.45, 7) is 6.28. The molecular formula is C31H30FN5O3S. The maximum absolute atomic E-state index is 13.3. The van der Waals surface area contributed by atoms with Crippen molar-refractivity contribution in [2.45, 2.75) is 39.3 Å². The fourth-order valence-corrected chi connectivity index (χ4v) is 5.74. The van der Waals surface area contributed by atoms with Gasteiger partial charge in [-0.3, -0.25) is 9.78 Å². The number of thiocarbonyl (C=S) groups is 1. The maximum atomic E-state index is 13.3. The van der Waals surface area contributed by atoms with Crippen LogP contribution in [-0.4, -0.2) is 43.1 Å². The number of carboxylic acid groups (broad SMARTS) is 1. The van der Waals surface area contributed by atoms with Gasteiger partial charge in [-0.15, -0.1) is 0 Å². The molecule has 0 aliphatic carbocycles. The van der Waals surface area contributed by atoms with Crippen molar-refractivity contribution in [2.75, 3.05) is 11.9 Å². The molecule has 2 aromatic heterocycles. The number of anilines is 1. The number of carboxylic acids is 1. The van der Waals surface area contributed by atoms with Crippen LogP contribution in [0.25, 0.3) is 5.69 Å². The molecule has 4 aromatic rings. The van der Waals surface area contributed by atoms with Crippen LogP contribution in [0.3, 0.4) is 0 Å². The lowest BCUT2D eigenvalue weighted by Gasteiger charge is -2.28. The van der Waals surface area contributed by atoms with Gasteiger partial charge in [0.1, 0.15) is 5.82 Å². The molecule has 0 radical (unpaired) electrons. The number of nitrogens with zero attached hydrogens (tertiary/aromatic N) is 3. The van der Waals surface area contributed by atoms with Crippen LogP contribution < -0.4 is 10.6 Å². The van der Waals surface area contributed by atoms with Crippen molar-refractivity contribution in [1.29, 1.82) is 0 Å². The number of aryl methyl sites for hydroxylation is 2. The summed E-state index contributed by atoms with van der Waals surface area (Å²) in [5.41, 5.74) is 6.14. The van der Waals surface area contributed by atoms with Gasteiger partial charge in [-0.25, -0.2) is 9.18 Å². The molecule has 1 saturated heterocycles. The van der Waals surface area contributed by atoms with Gasteiger partial charge in [-0.2, -0.15) is 0 Å². The van der Waals surface area contributed by atoms with Crippen molar-refractivity contribution in [3.8, 4) is 5.69 Å². The van der Waals surface area contributed by atoms with Crippen molar-refractivity contribution in [1.82, 2.24) is 19.8 Å². The second-order valence-electron chi connectivity index (χ2n) is 10.1. The van der Waals surface area contributed by atoms with Gasteiger partial charge in [0.05, 0.1) is 23.3 Å². The first-order chi connectivity index (χ1) is 19.6. The van der Waals surface area contributed by atoms with E-state index < -0.39 is 5.97 Å². The van der Waals surface area contributed by atoms with E-state index in [4.69, 9.17) is 12.2 Å². The second kappa shape index (κ2) is 11.5. The average Bonchev–Trinajstić information content (AvgIpc) is 3.43. The van der Waals surface area contributed by atoms with E-state index in [1.165, 1.54) is 24.3 Å². The molecular weight excluding hydrogens is 541 g/mol. The molecule has 1 fully saturated rings. The predicted molar refractivity (Wildman–Crippen MR) is 159 cm³/mol. The second-order valence-corrected chi connectivity index (χ2v) is 10.5. The predicted octanol–water partition coefficient (Wildman–Crippen LogP) is 5.64. The zero-order valence-electron chi connectivity index (χ0n) is 22.9. The normalized spacial score (nSPS) is 16.5. The van der Waals surface area contributed by atoms with E-state index in [1.807, 2.05) is 49.9 Å². The van der Waals surface area contributed by atoms with Crippen LogP contribution in [0.5, 0.6) is 0 Å². The third-order valence-electron chi connectivity index (χ3n) is 7.39. The number of pyridine rings is 1. The highest BCUT2D eigenvalue weighted by Crippen LogP contribution is 2.41. The largest absolute Gasteiger partial charge is 0.478 e. The minimum absolute atomic E-state index is 0.156. The van der Waals surface area contributed by atoms with Crippen LogP contribution in [0.4, 0.5) is 10.1 Å². The Labute approximate surface area is 242 Å². The number of halogens is 1. The highest BCUT2D eigenvalue weighted by Gasteiger charge is 2.41. The molecule has 3 heterocycles. The van der Waals surface area contributed by atoms with Gasteiger partial charge < -0.3 is 25.2 Å². The SMILES string of the molecule is Cc1ccc(C(=O)O)cc1-n1c(C)cc(C2C(c3ccccn3)NC(=S)N2CCC(=O)Nc2ccc(F)cc2)c1C. The third kappa shape index (κ3) is 5.69. The molecule has 10 heteroatoms.